The molecule has 2 aromatic heterocycles. The van der Waals surface area contributed by atoms with E-state index in [9.17, 15) is 9.59 Å². The summed E-state index contributed by atoms with van der Waals surface area (Å²) in [5.74, 6) is 0.239. The lowest BCUT2D eigenvalue weighted by Crippen LogP contribution is -2.26. The van der Waals surface area contributed by atoms with Crippen molar-refractivity contribution in [3.05, 3.63) is 94.8 Å². The highest BCUT2D eigenvalue weighted by molar-refractivity contribution is 5.91. The number of aromatic amines is 1. The van der Waals surface area contributed by atoms with Gasteiger partial charge in [0.25, 0.3) is 5.56 Å². The summed E-state index contributed by atoms with van der Waals surface area (Å²) in [7, 11) is 1.66. The molecule has 0 aliphatic rings. The summed E-state index contributed by atoms with van der Waals surface area (Å²) in [6, 6.07) is 16.9. The maximum absolute atomic E-state index is 12.4. The minimum atomic E-state index is -0.213. The summed E-state index contributed by atoms with van der Waals surface area (Å²) in [5.41, 5.74) is 2.15. The molecule has 7 heteroatoms. The number of benzene rings is 2. The molecule has 2 heterocycles. The molecule has 7 nitrogen and oxygen atoms in total. The Hall–Kier alpha value is -4.00. The lowest BCUT2D eigenvalue weighted by atomic mass is 10.2. The standard InChI is InChI=1S/C22H19N5O2/c1-26(15-20-24-19-10-6-5-9-18(19)22(29)25-20)21(28)12-11-16-13-23-27(14-16)17-7-3-2-4-8-17/h2-14H,15H2,1H3,(H,24,25,29). The van der Waals surface area contributed by atoms with Crippen LogP contribution in [0.1, 0.15) is 11.4 Å². The van der Waals surface area contributed by atoms with E-state index >= 15 is 0 Å². The Bertz CT molecular complexity index is 1240. The Balaban J connectivity index is 1.45. The van der Waals surface area contributed by atoms with Crippen LogP contribution in [-0.2, 0) is 11.3 Å². The Labute approximate surface area is 166 Å². The number of amides is 1. The summed E-state index contributed by atoms with van der Waals surface area (Å²) in [4.78, 5) is 33.2. The number of hydrogen-bond acceptors (Lipinski definition) is 4. The van der Waals surface area contributed by atoms with Gasteiger partial charge in [0.1, 0.15) is 5.82 Å². The third kappa shape index (κ3) is 4.14. The molecule has 29 heavy (non-hydrogen) atoms. The summed E-state index contributed by atoms with van der Waals surface area (Å²) in [6.07, 6.45) is 6.73. The molecular weight excluding hydrogens is 366 g/mol. The second kappa shape index (κ2) is 7.93. The largest absolute Gasteiger partial charge is 0.335 e. The van der Waals surface area contributed by atoms with Crippen LogP contribution in [0.4, 0.5) is 0 Å². The summed E-state index contributed by atoms with van der Waals surface area (Å²) in [5, 5.41) is 4.83. The van der Waals surface area contributed by atoms with Crippen molar-refractivity contribution >= 4 is 22.9 Å². The zero-order chi connectivity index (χ0) is 20.2. The van der Waals surface area contributed by atoms with Gasteiger partial charge in [0.2, 0.25) is 5.91 Å². The van der Waals surface area contributed by atoms with Crippen LogP contribution >= 0.6 is 0 Å². The average molecular weight is 385 g/mol. The number of rotatable bonds is 5. The van der Waals surface area contributed by atoms with Crippen LogP contribution in [0.2, 0.25) is 0 Å². The first-order valence-electron chi connectivity index (χ1n) is 9.11. The zero-order valence-electron chi connectivity index (χ0n) is 15.8. The molecule has 0 spiro atoms. The lowest BCUT2D eigenvalue weighted by Gasteiger charge is -2.14. The highest BCUT2D eigenvalue weighted by Crippen LogP contribution is 2.10. The van der Waals surface area contributed by atoms with Gasteiger partial charge in [0, 0.05) is 24.9 Å². The Morgan fingerprint density at radius 2 is 1.90 bits per heavy atom. The lowest BCUT2D eigenvalue weighted by molar-refractivity contribution is -0.125. The van der Waals surface area contributed by atoms with Gasteiger partial charge < -0.3 is 9.88 Å². The quantitative estimate of drug-likeness (QED) is 0.536. The Morgan fingerprint density at radius 1 is 1.14 bits per heavy atom. The van der Waals surface area contributed by atoms with E-state index in [0.29, 0.717) is 16.7 Å². The normalized spacial score (nSPS) is 11.2. The Morgan fingerprint density at radius 3 is 2.72 bits per heavy atom. The second-order valence-electron chi connectivity index (χ2n) is 6.61. The molecule has 0 atom stereocenters. The monoisotopic (exact) mass is 385 g/mol. The van der Waals surface area contributed by atoms with Crippen LogP contribution < -0.4 is 5.56 Å². The van der Waals surface area contributed by atoms with Gasteiger partial charge in [-0.1, -0.05) is 30.3 Å². The van der Waals surface area contributed by atoms with Crippen molar-refractivity contribution in [2.45, 2.75) is 6.54 Å². The van der Waals surface area contributed by atoms with E-state index in [0.717, 1.165) is 11.3 Å². The van der Waals surface area contributed by atoms with E-state index in [1.165, 1.54) is 11.0 Å². The van der Waals surface area contributed by atoms with Gasteiger partial charge in [-0.2, -0.15) is 5.10 Å². The fourth-order valence-electron chi connectivity index (χ4n) is 2.95. The highest BCUT2D eigenvalue weighted by atomic mass is 16.2. The first kappa shape index (κ1) is 18.4. The number of nitrogens with zero attached hydrogens (tertiary/aromatic N) is 4. The molecule has 1 amide bonds. The van der Waals surface area contributed by atoms with E-state index in [4.69, 9.17) is 0 Å². The van der Waals surface area contributed by atoms with Crippen molar-refractivity contribution < 1.29 is 4.79 Å². The van der Waals surface area contributed by atoms with Gasteiger partial charge in [-0.3, -0.25) is 9.59 Å². The van der Waals surface area contributed by atoms with Crippen LogP contribution in [0.25, 0.3) is 22.7 Å². The van der Waals surface area contributed by atoms with E-state index in [1.54, 1.807) is 42.2 Å². The SMILES string of the molecule is CN(Cc1nc2ccccc2c(=O)[nH]1)C(=O)C=Cc1cnn(-c2ccccc2)c1. The summed E-state index contributed by atoms with van der Waals surface area (Å²) >= 11 is 0. The van der Waals surface area contributed by atoms with E-state index in [1.807, 2.05) is 42.6 Å². The van der Waals surface area contributed by atoms with E-state index < -0.39 is 0 Å². The molecule has 0 aliphatic carbocycles. The number of nitrogens with one attached hydrogen (secondary N) is 1. The van der Waals surface area contributed by atoms with Gasteiger partial charge in [-0.15, -0.1) is 0 Å². The predicted octanol–water partition coefficient (Wildman–Crippen LogP) is 2.78. The minimum absolute atomic E-state index is 0.201. The maximum Gasteiger partial charge on any atom is 0.258 e. The molecule has 0 saturated carbocycles. The molecule has 4 aromatic rings. The molecule has 0 radical (unpaired) electrons. The number of H-pyrrole nitrogens is 1. The number of para-hydroxylation sites is 2. The van der Waals surface area contributed by atoms with Crippen LogP contribution in [0.5, 0.6) is 0 Å². The van der Waals surface area contributed by atoms with Gasteiger partial charge >= 0.3 is 0 Å². The smallest absolute Gasteiger partial charge is 0.258 e. The van der Waals surface area contributed by atoms with Crippen LogP contribution in [0, 0.1) is 0 Å². The molecule has 4 rings (SSSR count). The first-order valence-corrected chi connectivity index (χ1v) is 9.11. The topological polar surface area (TPSA) is 83.9 Å². The molecule has 1 N–H and O–H groups in total. The van der Waals surface area contributed by atoms with Gasteiger partial charge in [-0.05, 0) is 30.3 Å². The molecule has 2 aromatic carbocycles. The van der Waals surface area contributed by atoms with Gasteiger partial charge in [-0.25, -0.2) is 9.67 Å². The molecule has 0 aliphatic heterocycles. The van der Waals surface area contributed by atoms with Crippen molar-refractivity contribution in [1.82, 2.24) is 24.6 Å². The average Bonchev–Trinajstić information content (AvgIpc) is 3.22. The molecule has 0 bridgehead atoms. The summed E-state index contributed by atoms with van der Waals surface area (Å²) in [6.45, 7) is 0.201. The fraction of sp³-hybridized carbons (Fsp3) is 0.0909. The number of aromatic nitrogens is 4. The van der Waals surface area contributed by atoms with Gasteiger partial charge in [0.15, 0.2) is 0 Å². The van der Waals surface area contributed by atoms with Crippen LogP contribution in [-0.4, -0.2) is 37.6 Å². The zero-order valence-corrected chi connectivity index (χ0v) is 15.8. The molecule has 0 fully saturated rings. The minimum Gasteiger partial charge on any atom is -0.335 e. The van der Waals surface area contributed by atoms with Gasteiger partial charge in [0.05, 0.1) is 29.3 Å². The van der Waals surface area contributed by atoms with Crippen LogP contribution in [0.3, 0.4) is 0 Å². The van der Waals surface area contributed by atoms with Crippen molar-refractivity contribution in [2.75, 3.05) is 7.05 Å². The fourth-order valence-corrected chi connectivity index (χ4v) is 2.95. The summed E-state index contributed by atoms with van der Waals surface area (Å²) < 4.78 is 1.75. The Kier molecular flexibility index (Phi) is 5.03. The van der Waals surface area contributed by atoms with Crippen molar-refractivity contribution in [1.29, 1.82) is 0 Å². The molecule has 0 saturated heterocycles. The first-order chi connectivity index (χ1) is 14.1. The van der Waals surface area contributed by atoms with Crippen LogP contribution in [0.15, 0.2) is 77.9 Å². The second-order valence-corrected chi connectivity index (χ2v) is 6.61. The predicted molar refractivity (Wildman–Crippen MR) is 111 cm³/mol. The molecule has 144 valence electrons. The maximum atomic E-state index is 12.4. The van der Waals surface area contributed by atoms with E-state index in [2.05, 4.69) is 15.1 Å². The third-order valence-corrected chi connectivity index (χ3v) is 4.47. The number of carbonyl (C=O) groups excluding carboxylic acids is 1. The number of hydrogen-bond donors (Lipinski definition) is 1. The number of fused-ring (bicyclic) bond motifs is 1. The molecule has 0 unspecified atom stereocenters. The number of likely N-dealkylation sites (N-methyl/N-ethyl adjacent to an activating group) is 1. The third-order valence-electron chi connectivity index (χ3n) is 4.47. The molecular formula is C22H19N5O2. The number of carbonyl (C=O) groups is 1. The van der Waals surface area contributed by atoms with Crippen molar-refractivity contribution in [3.8, 4) is 5.69 Å². The van der Waals surface area contributed by atoms with E-state index in [-0.39, 0.29) is 18.0 Å². The van der Waals surface area contributed by atoms with Crippen molar-refractivity contribution in [2.24, 2.45) is 0 Å². The van der Waals surface area contributed by atoms with Crippen molar-refractivity contribution in [3.63, 3.8) is 0 Å². The highest BCUT2D eigenvalue weighted by Gasteiger charge is 2.10.